The summed E-state index contributed by atoms with van der Waals surface area (Å²) < 4.78 is 16.7. The van der Waals surface area contributed by atoms with Gasteiger partial charge in [-0.3, -0.25) is 4.90 Å². The zero-order valence-electron chi connectivity index (χ0n) is 19.6. The van der Waals surface area contributed by atoms with Gasteiger partial charge in [0.05, 0.1) is 45.9 Å². The van der Waals surface area contributed by atoms with Crippen LogP contribution in [0.4, 0.5) is 5.82 Å². The molecule has 1 N–H and O–H groups in total. The summed E-state index contributed by atoms with van der Waals surface area (Å²) in [4.78, 5) is 16.7. The van der Waals surface area contributed by atoms with E-state index in [1.54, 1.807) is 25.6 Å². The highest BCUT2D eigenvalue weighted by atomic mass is 32.1. The Morgan fingerprint density at radius 1 is 1.12 bits per heavy atom. The Kier molecular flexibility index (Phi) is 6.13. The molecule has 2 aliphatic rings. The van der Waals surface area contributed by atoms with Crippen molar-refractivity contribution in [2.45, 2.75) is 33.0 Å². The smallest absolute Gasteiger partial charge is 0.146 e. The van der Waals surface area contributed by atoms with Gasteiger partial charge in [-0.25, -0.2) is 9.97 Å². The number of benzene rings is 1. The SMILES string of the molecule is COc1ccc(OC)c2c1CN(c1nc(CN3CCOCC3)nc3sc(C)c(C)c13)CC2O. The minimum Gasteiger partial charge on any atom is -0.496 e. The van der Waals surface area contributed by atoms with Crippen LogP contribution in [0, 0.1) is 13.8 Å². The summed E-state index contributed by atoms with van der Waals surface area (Å²) in [5, 5.41) is 12.2. The molecule has 8 nitrogen and oxygen atoms in total. The third-order valence-electron chi connectivity index (χ3n) is 6.61. The van der Waals surface area contributed by atoms with Crippen molar-refractivity contribution in [1.82, 2.24) is 14.9 Å². The number of fused-ring (bicyclic) bond motifs is 2. The van der Waals surface area contributed by atoms with Crippen LogP contribution in [0.3, 0.4) is 0 Å². The second-order valence-electron chi connectivity index (χ2n) is 8.57. The number of anilines is 1. The summed E-state index contributed by atoms with van der Waals surface area (Å²) in [5.74, 6) is 3.10. The molecular weight excluding hydrogens is 440 g/mol. The van der Waals surface area contributed by atoms with Gasteiger partial charge in [-0.2, -0.15) is 0 Å². The minimum absolute atomic E-state index is 0.425. The predicted octanol–water partition coefficient (Wildman–Crippen LogP) is 3.21. The Hall–Kier alpha value is -2.46. The Bertz CT molecular complexity index is 1180. The molecule has 1 aromatic carbocycles. The van der Waals surface area contributed by atoms with Crippen LogP contribution in [0.1, 0.15) is 33.5 Å². The molecule has 33 heavy (non-hydrogen) atoms. The Morgan fingerprint density at radius 2 is 1.85 bits per heavy atom. The first kappa shape index (κ1) is 22.3. The van der Waals surface area contributed by atoms with Crippen molar-refractivity contribution in [3.8, 4) is 11.5 Å². The molecule has 0 bridgehead atoms. The topological polar surface area (TPSA) is 80.2 Å². The summed E-state index contributed by atoms with van der Waals surface area (Å²) in [6.07, 6.45) is -0.716. The third-order valence-corrected chi connectivity index (χ3v) is 7.71. The summed E-state index contributed by atoms with van der Waals surface area (Å²) in [6, 6.07) is 3.75. The van der Waals surface area contributed by atoms with Crippen LogP contribution in [-0.2, 0) is 17.8 Å². The second-order valence-corrected chi connectivity index (χ2v) is 9.78. The number of aromatic nitrogens is 2. The average molecular weight is 471 g/mol. The number of β-amino-alcohol motifs (C(OH)–C–C–N with tert-alkyl or cyclic N) is 1. The number of methoxy groups -OCH3 is 2. The lowest BCUT2D eigenvalue weighted by Crippen LogP contribution is -2.37. The monoisotopic (exact) mass is 470 g/mol. The molecule has 2 aromatic heterocycles. The van der Waals surface area contributed by atoms with E-state index in [0.717, 1.165) is 65.0 Å². The summed E-state index contributed by atoms with van der Waals surface area (Å²) >= 11 is 1.71. The Balaban J connectivity index is 1.59. The molecule has 0 spiro atoms. The quantitative estimate of drug-likeness (QED) is 0.609. The lowest BCUT2D eigenvalue weighted by atomic mass is 9.95. The summed E-state index contributed by atoms with van der Waals surface area (Å²) in [6.45, 7) is 9.18. The van der Waals surface area contributed by atoms with E-state index >= 15 is 0 Å². The molecule has 9 heteroatoms. The molecule has 1 fully saturated rings. The van der Waals surface area contributed by atoms with Crippen molar-refractivity contribution >= 4 is 27.4 Å². The zero-order chi connectivity index (χ0) is 23.1. The van der Waals surface area contributed by atoms with Crippen molar-refractivity contribution < 1.29 is 19.3 Å². The number of aryl methyl sites for hydroxylation is 2. The first-order valence-electron chi connectivity index (χ1n) is 11.2. The number of thiophene rings is 1. The highest BCUT2D eigenvalue weighted by Crippen LogP contribution is 2.43. The largest absolute Gasteiger partial charge is 0.496 e. The molecule has 2 aliphatic heterocycles. The maximum Gasteiger partial charge on any atom is 0.146 e. The van der Waals surface area contributed by atoms with Gasteiger partial charge in [-0.05, 0) is 31.5 Å². The fourth-order valence-corrected chi connectivity index (χ4v) is 5.81. The Morgan fingerprint density at radius 3 is 2.58 bits per heavy atom. The van der Waals surface area contributed by atoms with E-state index in [0.29, 0.717) is 25.4 Å². The van der Waals surface area contributed by atoms with Gasteiger partial charge >= 0.3 is 0 Å². The third kappa shape index (κ3) is 4.03. The fraction of sp³-hybridized carbons (Fsp3) is 0.500. The number of morpholine rings is 1. The molecule has 3 aromatic rings. The molecule has 0 amide bonds. The second kappa shape index (κ2) is 9.06. The van der Waals surface area contributed by atoms with E-state index in [4.69, 9.17) is 24.2 Å². The van der Waals surface area contributed by atoms with E-state index in [1.165, 1.54) is 10.4 Å². The molecular formula is C24H30N4O4S. The summed E-state index contributed by atoms with van der Waals surface area (Å²) in [5.41, 5.74) is 2.92. The van der Waals surface area contributed by atoms with Crippen molar-refractivity contribution in [1.29, 1.82) is 0 Å². The average Bonchev–Trinajstić information content (AvgIpc) is 3.11. The molecule has 1 saturated heterocycles. The van der Waals surface area contributed by atoms with Crippen molar-refractivity contribution in [3.05, 3.63) is 39.5 Å². The summed E-state index contributed by atoms with van der Waals surface area (Å²) in [7, 11) is 3.29. The lowest BCUT2D eigenvalue weighted by molar-refractivity contribution is 0.0331. The van der Waals surface area contributed by atoms with E-state index in [9.17, 15) is 5.11 Å². The minimum atomic E-state index is -0.716. The lowest BCUT2D eigenvalue weighted by Gasteiger charge is -2.35. The first-order chi connectivity index (χ1) is 16.0. The first-order valence-corrected chi connectivity index (χ1v) is 12.0. The van der Waals surface area contributed by atoms with Crippen LogP contribution in [0.5, 0.6) is 11.5 Å². The molecule has 0 radical (unpaired) electrons. The van der Waals surface area contributed by atoms with Gasteiger partial charge in [-0.15, -0.1) is 11.3 Å². The van der Waals surface area contributed by atoms with Gasteiger partial charge in [0.2, 0.25) is 0 Å². The number of hydrogen-bond acceptors (Lipinski definition) is 9. The Labute approximate surface area is 197 Å². The standard InChI is InChI=1S/C24H30N4O4S/c1-14-15(2)33-24-21(14)23(25-20(26-24)13-27-7-9-32-10-8-27)28-11-16-18(30-3)5-6-19(31-4)22(16)17(29)12-28/h5-6,17,29H,7-13H2,1-4H3. The highest BCUT2D eigenvalue weighted by Gasteiger charge is 2.32. The van der Waals surface area contributed by atoms with Gasteiger partial charge in [0.15, 0.2) is 0 Å². The number of hydrogen-bond donors (Lipinski definition) is 1. The van der Waals surface area contributed by atoms with Crippen LogP contribution in [0.2, 0.25) is 0 Å². The van der Waals surface area contributed by atoms with E-state index in [1.807, 2.05) is 12.1 Å². The maximum atomic E-state index is 11.2. The number of rotatable bonds is 5. The van der Waals surface area contributed by atoms with Gasteiger partial charge in [0.1, 0.15) is 34.1 Å². The van der Waals surface area contributed by atoms with Gasteiger partial charge < -0.3 is 24.2 Å². The van der Waals surface area contributed by atoms with Crippen LogP contribution in [0.15, 0.2) is 12.1 Å². The van der Waals surface area contributed by atoms with Crippen LogP contribution in [-0.4, -0.2) is 67.0 Å². The number of ether oxygens (including phenoxy) is 3. The van der Waals surface area contributed by atoms with Crippen molar-refractivity contribution in [2.75, 3.05) is 52.0 Å². The van der Waals surface area contributed by atoms with Crippen molar-refractivity contribution in [3.63, 3.8) is 0 Å². The fourth-order valence-electron chi connectivity index (χ4n) is 4.77. The van der Waals surface area contributed by atoms with Crippen LogP contribution >= 0.6 is 11.3 Å². The van der Waals surface area contributed by atoms with Gasteiger partial charge in [0.25, 0.3) is 0 Å². The maximum absolute atomic E-state index is 11.2. The van der Waals surface area contributed by atoms with Gasteiger partial charge in [-0.1, -0.05) is 0 Å². The molecule has 1 atom stereocenters. The van der Waals surface area contributed by atoms with E-state index in [2.05, 4.69) is 23.6 Å². The molecule has 5 rings (SSSR count). The van der Waals surface area contributed by atoms with Crippen LogP contribution < -0.4 is 14.4 Å². The number of aliphatic hydroxyl groups is 1. The number of aliphatic hydroxyl groups excluding tert-OH is 1. The van der Waals surface area contributed by atoms with E-state index in [-0.39, 0.29) is 0 Å². The zero-order valence-corrected chi connectivity index (χ0v) is 20.4. The van der Waals surface area contributed by atoms with Gasteiger partial charge in [0, 0.05) is 35.6 Å². The van der Waals surface area contributed by atoms with Crippen molar-refractivity contribution in [2.24, 2.45) is 0 Å². The molecule has 1 unspecified atom stereocenters. The predicted molar refractivity (Wildman–Crippen MR) is 129 cm³/mol. The highest BCUT2D eigenvalue weighted by molar-refractivity contribution is 7.18. The molecule has 0 aliphatic carbocycles. The molecule has 0 saturated carbocycles. The van der Waals surface area contributed by atoms with E-state index < -0.39 is 6.10 Å². The number of nitrogens with zero attached hydrogens (tertiary/aromatic N) is 4. The normalized spacial score (nSPS) is 19.1. The van der Waals surface area contributed by atoms with Crippen LogP contribution in [0.25, 0.3) is 10.2 Å². The molecule has 176 valence electrons. The molecule has 4 heterocycles.